The second-order valence-electron chi connectivity index (χ2n) is 6.57. The lowest BCUT2D eigenvalue weighted by atomic mass is 9.81. The number of ether oxygens (including phenoxy) is 2. The number of hydrogen-bond acceptors (Lipinski definition) is 3. The van der Waals surface area contributed by atoms with Crippen LogP contribution in [0.5, 0.6) is 5.75 Å². The molecular weight excluding hydrogens is 256 g/mol. The van der Waals surface area contributed by atoms with Gasteiger partial charge in [0.1, 0.15) is 5.75 Å². The van der Waals surface area contributed by atoms with Gasteiger partial charge in [-0.25, -0.2) is 0 Å². The number of aliphatic carboxylic acids is 1. The molecule has 0 aliphatic carbocycles. The summed E-state index contributed by atoms with van der Waals surface area (Å²) in [5.41, 5.74) is 0.675. The number of carbonyl (C=O) groups is 1. The maximum Gasteiger partial charge on any atom is 0.304 e. The highest BCUT2D eigenvalue weighted by atomic mass is 16.5. The molecule has 2 rings (SSSR count). The molecule has 0 amide bonds. The van der Waals surface area contributed by atoms with E-state index in [2.05, 4.69) is 6.92 Å². The second kappa shape index (κ2) is 5.44. The third kappa shape index (κ3) is 3.51. The van der Waals surface area contributed by atoms with Gasteiger partial charge in [0.25, 0.3) is 0 Å². The first-order chi connectivity index (χ1) is 9.31. The van der Waals surface area contributed by atoms with Crippen LogP contribution in [0.4, 0.5) is 0 Å². The molecule has 20 heavy (non-hydrogen) atoms. The van der Waals surface area contributed by atoms with E-state index in [-0.39, 0.29) is 11.8 Å². The Labute approximate surface area is 119 Å². The first-order valence-corrected chi connectivity index (χ1v) is 6.84. The molecule has 1 aliphatic heterocycles. The summed E-state index contributed by atoms with van der Waals surface area (Å²) in [5, 5.41) is 8.98. The molecule has 0 bridgehead atoms. The molecule has 1 saturated heterocycles. The Morgan fingerprint density at radius 1 is 1.45 bits per heavy atom. The Morgan fingerprint density at radius 2 is 2.15 bits per heavy atom. The molecule has 4 nitrogen and oxygen atoms in total. The van der Waals surface area contributed by atoms with Crippen LogP contribution >= 0.6 is 0 Å². The molecule has 0 radical (unpaired) electrons. The Kier molecular flexibility index (Phi) is 4.04. The summed E-state index contributed by atoms with van der Waals surface area (Å²) in [6, 6.07) is 7.70. The van der Waals surface area contributed by atoms with Crippen molar-refractivity contribution < 1.29 is 19.4 Å². The van der Waals surface area contributed by atoms with Crippen molar-refractivity contribution in [3.63, 3.8) is 0 Å². The summed E-state index contributed by atoms with van der Waals surface area (Å²) >= 11 is 0. The zero-order valence-corrected chi connectivity index (χ0v) is 12.3. The van der Waals surface area contributed by atoms with Crippen molar-refractivity contribution in [2.45, 2.75) is 32.6 Å². The topological polar surface area (TPSA) is 55.8 Å². The summed E-state index contributed by atoms with van der Waals surface area (Å²) in [4.78, 5) is 10.9. The van der Waals surface area contributed by atoms with Crippen molar-refractivity contribution in [2.24, 2.45) is 5.41 Å². The third-order valence-electron chi connectivity index (χ3n) is 3.70. The summed E-state index contributed by atoms with van der Waals surface area (Å²) in [7, 11) is 0. The zero-order valence-electron chi connectivity index (χ0n) is 12.3. The predicted octanol–water partition coefficient (Wildman–Crippen LogP) is 2.85. The van der Waals surface area contributed by atoms with Crippen LogP contribution in [-0.4, -0.2) is 30.9 Å². The minimum absolute atomic E-state index is 0.0992. The highest BCUT2D eigenvalue weighted by Gasteiger charge is 2.34. The van der Waals surface area contributed by atoms with Gasteiger partial charge in [0.05, 0.1) is 26.2 Å². The second-order valence-corrected chi connectivity index (χ2v) is 6.57. The van der Waals surface area contributed by atoms with E-state index in [1.54, 1.807) is 0 Å². The van der Waals surface area contributed by atoms with E-state index in [1.165, 1.54) is 0 Å². The van der Waals surface area contributed by atoms with Crippen LogP contribution in [0.15, 0.2) is 24.3 Å². The fraction of sp³-hybridized carbons (Fsp3) is 0.562. The Bertz CT molecular complexity index is 489. The zero-order chi connectivity index (χ0) is 14.8. The molecule has 0 spiro atoms. The van der Waals surface area contributed by atoms with Crippen LogP contribution in [0.25, 0.3) is 0 Å². The summed E-state index contributed by atoms with van der Waals surface area (Å²) in [6.07, 6.45) is 0.0992. The van der Waals surface area contributed by atoms with Gasteiger partial charge in [-0.15, -0.1) is 0 Å². The van der Waals surface area contributed by atoms with Gasteiger partial charge in [0.15, 0.2) is 0 Å². The number of rotatable bonds is 6. The number of hydrogen-bond donors (Lipinski definition) is 1. The molecule has 1 heterocycles. The van der Waals surface area contributed by atoms with Gasteiger partial charge in [-0.05, 0) is 17.7 Å². The molecule has 0 atom stereocenters. The van der Waals surface area contributed by atoms with Gasteiger partial charge in [-0.1, -0.05) is 32.9 Å². The van der Waals surface area contributed by atoms with Crippen molar-refractivity contribution >= 4 is 5.97 Å². The van der Waals surface area contributed by atoms with Crippen molar-refractivity contribution in [1.29, 1.82) is 0 Å². The van der Waals surface area contributed by atoms with Crippen molar-refractivity contribution in [3.05, 3.63) is 29.8 Å². The van der Waals surface area contributed by atoms with E-state index in [4.69, 9.17) is 14.6 Å². The molecule has 1 aliphatic rings. The average Bonchev–Trinajstić information content (AvgIpc) is 2.33. The van der Waals surface area contributed by atoms with E-state index in [9.17, 15) is 4.79 Å². The van der Waals surface area contributed by atoms with Crippen LogP contribution in [0.1, 0.15) is 32.8 Å². The molecule has 0 aromatic heterocycles. The maximum absolute atomic E-state index is 10.9. The molecule has 110 valence electrons. The normalized spacial score (nSPS) is 17.4. The van der Waals surface area contributed by atoms with E-state index >= 15 is 0 Å². The lowest BCUT2D eigenvalue weighted by molar-refractivity contribution is -0.138. The van der Waals surface area contributed by atoms with Crippen molar-refractivity contribution in [1.82, 2.24) is 0 Å². The van der Waals surface area contributed by atoms with Crippen LogP contribution in [-0.2, 0) is 14.9 Å². The molecule has 0 saturated carbocycles. The molecule has 1 fully saturated rings. The fourth-order valence-electron chi connectivity index (χ4n) is 2.28. The summed E-state index contributed by atoms with van der Waals surface area (Å²) in [5.74, 6) is -0.00506. The van der Waals surface area contributed by atoms with Crippen LogP contribution in [0.3, 0.4) is 0 Å². The standard InChI is InChI=1S/C16H22O4/c1-15(2,8-14(17)18)12-5-4-6-13(7-12)20-11-16(3)9-19-10-16/h4-7H,8-11H2,1-3H3,(H,17,18). The molecule has 0 unspecified atom stereocenters. The summed E-state index contributed by atoms with van der Waals surface area (Å²) in [6.45, 7) is 8.08. The SMILES string of the molecule is CC1(COc2cccc(C(C)(C)CC(=O)O)c2)COC1. The van der Waals surface area contributed by atoms with Crippen molar-refractivity contribution in [2.75, 3.05) is 19.8 Å². The monoisotopic (exact) mass is 278 g/mol. The van der Waals surface area contributed by atoms with Crippen LogP contribution in [0.2, 0.25) is 0 Å². The maximum atomic E-state index is 10.9. The van der Waals surface area contributed by atoms with Gasteiger partial charge in [0.2, 0.25) is 0 Å². The van der Waals surface area contributed by atoms with Gasteiger partial charge < -0.3 is 14.6 Å². The quantitative estimate of drug-likeness (QED) is 0.869. The van der Waals surface area contributed by atoms with E-state index in [0.717, 1.165) is 24.5 Å². The third-order valence-corrected chi connectivity index (χ3v) is 3.70. The number of carboxylic acids is 1. The minimum atomic E-state index is -0.791. The highest BCUT2D eigenvalue weighted by molar-refractivity contribution is 5.69. The van der Waals surface area contributed by atoms with Gasteiger partial charge in [-0.2, -0.15) is 0 Å². The lowest BCUT2D eigenvalue weighted by Crippen LogP contribution is -2.44. The molecule has 1 aromatic carbocycles. The van der Waals surface area contributed by atoms with E-state index in [0.29, 0.717) is 6.61 Å². The van der Waals surface area contributed by atoms with Gasteiger partial charge in [-0.3, -0.25) is 4.79 Å². The Morgan fingerprint density at radius 3 is 2.70 bits per heavy atom. The smallest absolute Gasteiger partial charge is 0.304 e. The van der Waals surface area contributed by atoms with Crippen LogP contribution < -0.4 is 4.74 Å². The predicted molar refractivity (Wildman–Crippen MR) is 76.1 cm³/mol. The lowest BCUT2D eigenvalue weighted by Gasteiger charge is -2.37. The molecule has 1 N–H and O–H groups in total. The van der Waals surface area contributed by atoms with Crippen LogP contribution in [0, 0.1) is 5.41 Å². The largest absolute Gasteiger partial charge is 0.493 e. The Balaban J connectivity index is 2.05. The van der Waals surface area contributed by atoms with Crippen molar-refractivity contribution in [3.8, 4) is 5.75 Å². The first-order valence-electron chi connectivity index (χ1n) is 6.84. The van der Waals surface area contributed by atoms with E-state index < -0.39 is 11.4 Å². The number of benzene rings is 1. The molecule has 4 heteroatoms. The number of carboxylic acid groups (broad SMARTS) is 1. The Hall–Kier alpha value is -1.55. The molecular formula is C16H22O4. The fourth-order valence-corrected chi connectivity index (χ4v) is 2.28. The highest BCUT2D eigenvalue weighted by Crippen LogP contribution is 2.31. The van der Waals surface area contributed by atoms with E-state index in [1.807, 2.05) is 38.1 Å². The van der Waals surface area contributed by atoms with Gasteiger partial charge >= 0.3 is 5.97 Å². The molecule has 1 aromatic rings. The minimum Gasteiger partial charge on any atom is -0.493 e. The van der Waals surface area contributed by atoms with Gasteiger partial charge in [0, 0.05) is 10.8 Å². The average molecular weight is 278 g/mol. The first kappa shape index (κ1) is 14.9. The summed E-state index contributed by atoms with van der Waals surface area (Å²) < 4.78 is 11.0.